The Morgan fingerprint density at radius 2 is 1.95 bits per heavy atom. The van der Waals surface area contributed by atoms with Crippen LogP contribution in [0.1, 0.15) is 37.0 Å². The third-order valence-corrected chi connectivity index (χ3v) is 3.09. The van der Waals surface area contributed by atoms with E-state index in [4.69, 9.17) is 10.5 Å². The van der Waals surface area contributed by atoms with Crippen molar-refractivity contribution in [1.82, 2.24) is 5.32 Å². The van der Waals surface area contributed by atoms with Gasteiger partial charge >= 0.3 is 0 Å². The van der Waals surface area contributed by atoms with E-state index in [1.807, 2.05) is 33.8 Å². The molecule has 1 aromatic rings. The third-order valence-electron chi connectivity index (χ3n) is 3.09. The number of aryl methyl sites for hydroxylation is 2. The van der Waals surface area contributed by atoms with Crippen molar-refractivity contribution in [3.05, 3.63) is 28.8 Å². The SMILES string of the molecule is Cc1cc(C)c(C)c(OCCC(=O)NCC(C)(C)N)c1. The average molecular weight is 278 g/mol. The number of ether oxygens (including phenoxy) is 1. The summed E-state index contributed by atoms with van der Waals surface area (Å²) in [6.07, 6.45) is 0.336. The first kappa shape index (κ1) is 16.5. The summed E-state index contributed by atoms with van der Waals surface area (Å²) in [5, 5.41) is 2.80. The molecule has 0 spiro atoms. The predicted octanol–water partition coefficient (Wildman–Crippen LogP) is 2.23. The van der Waals surface area contributed by atoms with Crippen LogP contribution in [0.5, 0.6) is 5.75 Å². The zero-order valence-corrected chi connectivity index (χ0v) is 13.2. The highest BCUT2D eigenvalue weighted by molar-refractivity contribution is 5.76. The molecular formula is C16H26N2O2. The van der Waals surface area contributed by atoms with Gasteiger partial charge in [0.25, 0.3) is 0 Å². The largest absolute Gasteiger partial charge is 0.493 e. The van der Waals surface area contributed by atoms with Gasteiger partial charge in [0.15, 0.2) is 0 Å². The van der Waals surface area contributed by atoms with E-state index < -0.39 is 0 Å². The summed E-state index contributed by atoms with van der Waals surface area (Å²) >= 11 is 0. The fourth-order valence-corrected chi connectivity index (χ4v) is 1.82. The summed E-state index contributed by atoms with van der Waals surface area (Å²) in [5.41, 5.74) is 8.91. The Hall–Kier alpha value is -1.55. The van der Waals surface area contributed by atoms with Crippen LogP contribution >= 0.6 is 0 Å². The molecule has 4 heteroatoms. The minimum Gasteiger partial charge on any atom is -0.493 e. The first-order valence-corrected chi connectivity index (χ1v) is 6.95. The molecular weight excluding hydrogens is 252 g/mol. The van der Waals surface area contributed by atoms with Crippen LogP contribution in [0, 0.1) is 20.8 Å². The van der Waals surface area contributed by atoms with E-state index in [0.717, 1.165) is 16.9 Å². The summed E-state index contributed by atoms with van der Waals surface area (Å²) in [6.45, 7) is 10.7. The van der Waals surface area contributed by atoms with Crippen LogP contribution in [-0.4, -0.2) is 24.6 Å². The highest BCUT2D eigenvalue weighted by Gasteiger charge is 2.12. The van der Waals surface area contributed by atoms with Crippen molar-refractivity contribution in [3.8, 4) is 5.75 Å². The lowest BCUT2D eigenvalue weighted by molar-refractivity contribution is -0.121. The number of hydrogen-bond donors (Lipinski definition) is 2. The summed E-state index contributed by atoms with van der Waals surface area (Å²) in [4.78, 5) is 11.7. The lowest BCUT2D eigenvalue weighted by atomic mass is 10.1. The number of nitrogens with two attached hydrogens (primary N) is 1. The molecule has 112 valence electrons. The maximum atomic E-state index is 11.7. The number of carbonyl (C=O) groups is 1. The fourth-order valence-electron chi connectivity index (χ4n) is 1.82. The third kappa shape index (κ3) is 5.61. The molecule has 3 N–H and O–H groups in total. The van der Waals surface area contributed by atoms with E-state index in [-0.39, 0.29) is 11.4 Å². The van der Waals surface area contributed by atoms with Gasteiger partial charge < -0.3 is 15.8 Å². The lowest BCUT2D eigenvalue weighted by Crippen LogP contribution is -2.45. The Labute approximate surface area is 121 Å². The van der Waals surface area contributed by atoms with Gasteiger partial charge in [-0.05, 0) is 57.4 Å². The number of nitrogens with one attached hydrogen (secondary N) is 1. The summed E-state index contributed by atoms with van der Waals surface area (Å²) in [6, 6.07) is 4.13. The molecule has 0 heterocycles. The van der Waals surface area contributed by atoms with E-state index in [0.29, 0.717) is 19.6 Å². The first-order valence-electron chi connectivity index (χ1n) is 6.95. The second kappa shape index (κ2) is 6.75. The molecule has 0 aliphatic carbocycles. The average Bonchev–Trinajstić information content (AvgIpc) is 2.31. The van der Waals surface area contributed by atoms with Crippen molar-refractivity contribution >= 4 is 5.91 Å². The van der Waals surface area contributed by atoms with Crippen molar-refractivity contribution in [1.29, 1.82) is 0 Å². The van der Waals surface area contributed by atoms with Crippen molar-refractivity contribution in [2.75, 3.05) is 13.2 Å². The van der Waals surface area contributed by atoms with E-state index in [1.165, 1.54) is 5.56 Å². The number of rotatable bonds is 6. The van der Waals surface area contributed by atoms with Gasteiger partial charge in [-0.2, -0.15) is 0 Å². The van der Waals surface area contributed by atoms with Gasteiger partial charge in [-0.1, -0.05) is 6.07 Å². The molecule has 0 unspecified atom stereocenters. The van der Waals surface area contributed by atoms with Crippen LogP contribution < -0.4 is 15.8 Å². The zero-order valence-electron chi connectivity index (χ0n) is 13.2. The van der Waals surface area contributed by atoms with E-state index in [2.05, 4.69) is 18.3 Å². The van der Waals surface area contributed by atoms with E-state index in [1.54, 1.807) is 0 Å². The monoisotopic (exact) mass is 278 g/mol. The Bertz CT molecular complexity index is 476. The second-order valence-electron chi connectivity index (χ2n) is 6.07. The number of hydrogen-bond acceptors (Lipinski definition) is 3. The van der Waals surface area contributed by atoms with Gasteiger partial charge in [-0.3, -0.25) is 4.79 Å². The van der Waals surface area contributed by atoms with Gasteiger partial charge in [-0.15, -0.1) is 0 Å². The molecule has 0 radical (unpaired) electrons. The van der Waals surface area contributed by atoms with Crippen molar-refractivity contribution in [3.63, 3.8) is 0 Å². The molecule has 0 saturated carbocycles. The number of amides is 1. The molecule has 0 aliphatic heterocycles. The molecule has 1 amide bonds. The molecule has 0 aromatic heterocycles. The second-order valence-corrected chi connectivity index (χ2v) is 6.07. The first-order chi connectivity index (χ1) is 9.19. The lowest BCUT2D eigenvalue weighted by Gasteiger charge is -2.19. The topological polar surface area (TPSA) is 64.3 Å². The molecule has 0 aliphatic rings. The van der Waals surface area contributed by atoms with Crippen LogP contribution in [0.15, 0.2) is 12.1 Å². The maximum absolute atomic E-state index is 11.7. The van der Waals surface area contributed by atoms with Gasteiger partial charge in [-0.25, -0.2) is 0 Å². The molecule has 1 rings (SSSR count). The van der Waals surface area contributed by atoms with Crippen LogP contribution in [0.25, 0.3) is 0 Å². The fraction of sp³-hybridized carbons (Fsp3) is 0.562. The standard InChI is InChI=1S/C16H26N2O2/c1-11-8-12(2)13(3)14(9-11)20-7-6-15(19)18-10-16(4,5)17/h8-9H,6-7,10,17H2,1-5H3,(H,18,19). The van der Waals surface area contributed by atoms with Crippen LogP contribution in [0.2, 0.25) is 0 Å². The number of benzene rings is 1. The molecule has 0 atom stereocenters. The highest BCUT2D eigenvalue weighted by atomic mass is 16.5. The van der Waals surface area contributed by atoms with Crippen molar-refractivity contribution in [2.24, 2.45) is 5.73 Å². The molecule has 4 nitrogen and oxygen atoms in total. The molecule has 0 fully saturated rings. The molecule has 1 aromatic carbocycles. The minimum atomic E-state index is -0.388. The summed E-state index contributed by atoms with van der Waals surface area (Å²) < 4.78 is 5.71. The molecule has 0 saturated heterocycles. The van der Waals surface area contributed by atoms with Gasteiger partial charge in [0.1, 0.15) is 5.75 Å². The quantitative estimate of drug-likeness (QED) is 0.838. The smallest absolute Gasteiger partial charge is 0.223 e. The maximum Gasteiger partial charge on any atom is 0.223 e. The van der Waals surface area contributed by atoms with Gasteiger partial charge in [0.05, 0.1) is 13.0 Å². The highest BCUT2D eigenvalue weighted by Crippen LogP contribution is 2.23. The molecule has 0 bridgehead atoms. The van der Waals surface area contributed by atoms with Crippen LogP contribution in [0.3, 0.4) is 0 Å². The Morgan fingerprint density at radius 3 is 2.55 bits per heavy atom. The summed E-state index contributed by atoms with van der Waals surface area (Å²) in [5.74, 6) is 0.819. The predicted molar refractivity (Wildman–Crippen MR) is 82.0 cm³/mol. The van der Waals surface area contributed by atoms with E-state index in [9.17, 15) is 4.79 Å². The normalized spacial score (nSPS) is 11.3. The Morgan fingerprint density at radius 1 is 1.30 bits per heavy atom. The van der Waals surface area contributed by atoms with Crippen molar-refractivity contribution in [2.45, 2.75) is 46.6 Å². The van der Waals surface area contributed by atoms with Gasteiger partial charge in [0.2, 0.25) is 5.91 Å². The van der Waals surface area contributed by atoms with Crippen molar-refractivity contribution < 1.29 is 9.53 Å². The number of carbonyl (C=O) groups excluding carboxylic acids is 1. The van der Waals surface area contributed by atoms with Crippen LogP contribution in [-0.2, 0) is 4.79 Å². The Kier molecular flexibility index (Phi) is 5.57. The molecule has 20 heavy (non-hydrogen) atoms. The summed E-state index contributed by atoms with van der Waals surface area (Å²) in [7, 11) is 0. The Balaban J connectivity index is 2.43. The van der Waals surface area contributed by atoms with E-state index >= 15 is 0 Å². The van der Waals surface area contributed by atoms with Crippen LogP contribution in [0.4, 0.5) is 0 Å². The zero-order chi connectivity index (χ0) is 15.3. The van der Waals surface area contributed by atoms with Gasteiger partial charge in [0, 0.05) is 12.1 Å². The minimum absolute atomic E-state index is 0.0365.